The first kappa shape index (κ1) is 12.2. The second-order valence-corrected chi connectivity index (χ2v) is 11.5. The van der Waals surface area contributed by atoms with Crippen molar-refractivity contribution in [2.45, 2.75) is 33.8 Å². The summed E-state index contributed by atoms with van der Waals surface area (Å²) >= 11 is 8.86. The number of hydrogen-bond acceptors (Lipinski definition) is 2. The van der Waals surface area contributed by atoms with Crippen LogP contribution in [0.25, 0.3) is 0 Å². The first-order chi connectivity index (χ1) is 5.75. The molecule has 0 aliphatic carbocycles. The van der Waals surface area contributed by atoms with Crippen LogP contribution in [-0.4, -0.2) is 27.8 Å². The molecule has 1 rings (SSSR count). The minimum absolute atomic E-state index is 0.0520. The Morgan fingerprint density at radius 3 is 2.46 bits per heavy atom. The van der Waals surface area contributed by atoms with Crippen LogP contribution in [0.1, 0.15) is 27.7 Å². The molecule has 2 atom stereocenters. The monoisotopic (exact) mass is 290 g/mol. The van der Waals surface area contributed by atoms with Crippen LogP contribution in [0.4, 0.5) is 0 Å². The molecule has 2 nitrogen and oxygen atoms in total. The van der Waals surface area contributed by atoms with E-state index >= 15 is 0 Å². The normalized spacial score (nSPS) is 39.4. The van der Waals surface area contributed by atoms with Crippen molar-refractivity contribution in [3.05, 3.63) is 0 Å². The molecule has 0 radical (unpaired) electrons. The maximum atomic E-state index is 6.05. The van der Waals surface area contributed by atoms with Crippen molar-refractivity contribution < 1.29 is 9.05 Å². The summed E-state index contributed by atoms with van der Waals surface area (Å²) in [5, 5.41) is -2.18. The number of halogens is 1. The summed E-state index contributed by atoms with van der Waals surface area (Å²) in [6.45, 7) is 9.25. The minimum atomic E-state index is -2.18. The van der Waals surface area contributed by atoms with Gasteiger partial charge in [-0.3, -0.25) is 0 Å². The summed E-state index contributed by atoms with van der Waals surface area (Å²) in [7, 11) is 0. The molecule has 0 unspecified atom stereocenters. The summed E-state index contributed by atoms with van der Waals surface area (Å²) < 4.78 is 11.2. The SMILES string of the molecule is CC(C)[C@H]1O[P@@](Cl)(=[Se])OCC1(C)C. The van der Waals surface area contributed by atoms with Gasteiger partial charge in [-0.25, -0.2) is 0 Å². The van der Waals surface area contributed by atoms with E-state index in [-0.39, 0.29) is 11.5 Å². The van der Waals surface area contributed by atoms with Gasteiger partial charge in [-0.1, -0.05) is 0 Å². The molecule has 1 aliphatic rings. The van der Waals surface area contributed by atoms with Crippen molar-refractivity contribution in [3.8, 4) is 0 Å². The second-order valence-electron chi connectivity index (χ2n) is 4.46. The Hall–Kier alpha value is 1.16. The molecule has 13 heavy (non-hydrogen) atoms. The Morgan fingerprint density at radius 1 is 1.54 bits per heavy atom. The second kappa shape index (κ2) is 3.96. The summed E-state index contributed by atoms with van der Waals surface area (Å²) in [5.41, 5.74) is 0.0520. The van der Waals surface area contributed by atoms with Crippen molar-refractivity contribution >= 4 is 31.7 Å². The van der Waals surface area contributed by atoms with E-state index in [0.717, 1.165) is 0 Å². The van der Waals surface area contributed by atoms with E-state index in [4.69, 9.17) is 20.3 Å². The molecule has 0 bridgehead atoms. The molecule has 0 amide bonds. The fourth-order valence-electron chi connectivity index (χ4n) is 1.66. The van der Waals surface area contributed by atoms with Gasteiger partial charge in [-0.05, 0) is 0 Å². The van der Waals surface area contributed by atoms with Crippen molar-refractivity contribution in [1.29, 1.82) is 0 Å². The zero-order valence-corrected chi connectivity index (χ0v) is 11.8. The molecule has 0 spiro atoms. The fourth-order valence-corrected chi connectivity index (χ4v) is 4.33. The van der Waals surface area contributed by atoms with Crippen molar-refractivity contribution in [2.24, 2.45) is 11.3 Å². The van der Waals surface area contributed by atoms with E-state index in [9.17, 15) is 0 Å². The Bertz CT molecular complexity index is 242. The Morgan fingerprint density at radius 2 is 2.08 bits per heavy atom. The van der Waals surface area contributed by atoms with Crippen molar-refractivity contribution in [1.82, 2.24) is 0 Å². The van der Waals surface area contributed by atoms with E-state index in [0.29, 0.717) is 12.5 Å². The standard InChI is InChI=1S/C8H16ClO2PSe/c1-6(2)7-8(3,4)5-10-12(9,13)11-7/h6-7H,5H2,1-4H3/t7-,12+/m1/s1. The van der Waals surface area contributed by atoms with Gasteiger partial charge < -0.3 is 0 Å². The fraction of sp³-hybridized carbons (Fsp3) is 1.00. The van der Waals surface area contributed by atoms with Gasteiger partial charge in [-0.2, -0.15) is 0 Å². The van der Waals surface area contributed by atoms with Crippen LogP contribution in [0, 0.1) is 11.3 Å². The Labute approximate surface area is 92.5 Å². The van der Waals surface area contributed by atoms with E-state index in [1.165, 1.54) is 0 Å². The van der Waals surface area contributed by atoms with Gasteiger partial charge in [-0.15, -0.1) is 0 Å². The van der Waals surface area contributed by atoms with Crippen LogP contribution in [0.3, 0.4) is 0 Å². The van der Waals surface area contributed by atoms with E-state index in [1.807, 2.05) is 0 Å². The van der Waals surface area contributed by atoms with Crippen LogP contribution >= 0.6 is 16.6 Å². The molecule has 0 aromatic carbocycles. The summed E-state index contributed by atoms with van der Waals surface area (Å²) in [6, 6.07) is 0. The van der Waals surface area contributed by atoms with Crippen LogP contribution < -0.4 is 0 Å². The van der Waals surface area contributed by atoms with E-state index < -0.39 is 5.32 Å². The van der Waals surface area contributed by atoms with Gasteiger partial charge in [0, 0.05) is 0 Å². The molecule has 0 aromatic rings. The predicted molar refractivity (Wildman–Crippen MR) is 58.0 cm³/mol. The molecule has 0 N–H and O–H groups in total. The molecule has 0 saturated carbocycles. The molecule has 1 aliphatic heterocycles. The van der Waals surface area contributed by atoms with Gasteiger partial charge in [0.15, 0.2) is 0 Å². The third kappa shape index (κ3) is 3.06. The Kier molecular flexibility index (Phi) is 3.73. The Balaban J connectivity index is 2.82. The van der Waals surface area contributed by atoms with E-state index in [2.05, 4.69) is 42.8 Å². The molecule has 0 aromatic heterocycles. The third-order valence-electron chi connectivity index (χ3n) is 2.21. The first-order valence-electron chi connectivity index (χ1n) is 4.37. The molecule has 5 heteroatoms. The number of rotatable bonds is 1. The van der Waals surface area contributed by atoms with Crippen molar-refractivity contribution in [2.75, 3.05) is 6.61 Å². The molecular formula is C8H16ClO2PSe. The summed E-state index contributed by atoms with van der Waals surface area (Å²) in [4.78, 5) is 0. The first-order valence-corrected chi connectivity index (χ1v) is 9.12. The molecule has 78 valence electrons. The quantitative estimate of drug-likeness (QED) is 0.545. The van der Waals surface area contributed by atoms with Gasteiger partial charge in [0.05, 0.1) is 0 Å². The predicted octanol–water partition coefficient (Wildman–Crippen LogP) is 3.17. The zero-order valence-electron chi connectivity index (χ0n) is 8.41. The number of hydrogen-bond donors (Lipinski definition) is 0. The van der Waals surface area contributed by atoms with Gasteiger partial charge in [0.2, 0.25) is 0 Å². The average molecular weight is 290 g/mol. The summed E-state index contributed by atoms with van der Waals surface area (Å²) in [5.74, 6) is 0.463. The molecule has 1 fully saturated rings. The topological polar surface area (TPSA) is 18.5 Å². The van der Waals surface area contributed by atoms with Crippen LogP contribution in [0.5, 0.6) is 0 Å². The van der Waals surface area contributed by atoms with Gasteiger partial charge in [0.25, 0.3) is 0 Å². The van der Waals surface area contributed by atoms with Gasteiger partial charge in [0.1, 0.15) is 0 Å². The molecule has 1 heterocycles. The third-order valence-corrected chi connectivity index (χ3v) is 4.86. The summed E-state index contributed by atoms with van der Waals surface area (Å²) in [6.07, 6.45) is 0.174. The van der Waals surface area contributed by atoms with Crippen LogP contribution in [0.2, 0.25) is 0 Å². The molecular weight excluding hydrogens is 273 g/mol. The van der Waals surface area contributed by atoms with Gasteiger partial charge >= 0.3 is 92.4 Å². The maximum absolute atomic E-state index is 6.05. The van der Waals surface area contributed by atoms with Crippen LogP contribution in [0.15, 0.2) is 0 Å². The van der Waals surface area contributed by atoms with E-state index in [1.54, 1.807) is 0 Å². The average Bonchev–Trinajstić information content (AvgIpc) is 1.95. The zero-order chi connectivity index (χ0) is 10.3. The van der Waals surface area contributed by atoms with Crippen LogP contribution in [-0.2, 0) is 9.05 Å². The van der Waals surface area contributed by atoms with Crippen molar-refractivity contribution in [3.63, 3.8) is 0 Å². The molecule has 1 saturated heterocycles.